The minimum absolute atomic E-state index is 0.0277. The number of hydrogen-bond donors (Lipinski definition) is 3. The number of imide groups is 1. The number of benzene rings is 1. The van der Waals surface area contributed by atoms with Gasteiger partial charge in [-0.1, -0.05) is 6.07 Å². The van der Waals surface area contributed by atoms with Gasteiger partial charge in [0.1, 0.15) is 6.04 Å². The Hall–Kier alpha value is -2.03. The van der Waals surface area contributed by atoms with E-state index in [4.69, 9.17) is 9.47 Å². The molecule has 0 heterocycles. The summed E-state index contributed by atoms with van der Waals surface area (Å²) in [4.78, 5) is 24.6. The van der Waals surface area contributed by atoms with Crippen molar-refractivity contribution in [3.63, 3.8) is 0 Å². The molecule has 0 saturated heterocycles. The lowest BCUT2D eigenvalue weighted by Gasteiger charge is -2.19. The SMILES string of the molecule is COc1cc(/C=C/C(=O)NC(=O)[C@H](CCSC)NNC(C)C)ccc1OC(C)C. The fraction of sp³-hybridized carbons (Fsp3) is 0.524. The van der Waals surface area contributed by atoms with Crippen molar-refractivity contribution in [1.29, 1.82) is 0 Å². The van der Waals surface area contributed by atoms with Crippen LogP contribution in [0.25, 0.3) is 6.08 Å². The van der Waals surface area contributed by atoms with Crippen molar-refractivity contribution in [3.05, 3.63) is 29.8 Å². The molecule has 0 aliphatic heterocycles. The fourth-order valence-electron chi connectivity index (χ4n) is 2.33. The van der Waals surface area contributed by atoms with E-state index >= 15 is 0 Å². The first-order valence-corrected chi connectivity index (χ1v) is 11.0. The Morgan fingerprint density at radius 1 is 1.14 bits per heavy atom. The molecule has 2 amide bonds. The third-order valence-electron chi connectivity index (χ3n) is 3.70. The molecule has 1 rings (SSSR count). The van der Waals surface area contributed by atoms with Crippen molar-refractivity contribution in [1.82, 2.24) is 16.2 Å². The molecule has 0 fully saturated rings. The first-order valence-electron chi connectivity index (χ1n) is 9.64. The second-order valence-corrected chi connectivity index (χ2v) is 8.03. The van der Waals surface area contributed by atoms with Crippen LogP contribution in [-0.2, 0) is 9.59 Å². The average molecular weight is 424 g/mol. The zero-order chi connectivity index (χ0) is 21.8. The molecule has 1 atom stereocenters. The summed E-state index contributed by atoms with van der Waals surface area (Å²) in [5.41, 5.74) is 6.77. The number of carbonyl (C=O) groups excluding carboxylic acids is 2. The van der Waals surface area contributed by atoms with Crippen molar-refractivity contribution in [3.8, 4) is 11.5 Å². The van der Waals surface area contributed by atoms with Crippen molar-refractivity contribution < 1.29 is 19.1 Å². The first-order chi connectivity index (χ1) is 13.8. The lowest BCUT2D eigenvalue weighted by atomic mass is 10.1. The molecular formula is C21H33N3O4S. The number of hydrazine groups is 1. The summed E-state index contributed by atoms with van der Waals surface area (Å²) < 4.78 is 11.0. The summed E-state index contributed by atoms with van der Waals surface area (Å²) in [6.45, 7) is 7.81. The van der Waals surface area contributed by atoms with E-state index in [-0.39, 0.29) is 18.1 Å². The van der Waals surface area contributed by atoms with Crippen molar-refractivity contribution in [2.24, 2.45) is 0 Å². The van der Waals surface area contributed by atoms with E-state index in [0.717, 1.165) is 11.3 Å². The molecule has 0 saturated carbocycles. The van der Waals surface area contributed by atoms with Crippen molar-refractivity contribution >= 4 is 29.7 Å². The number of methoxy groups -OCH3 is 1. The largest absolute Gasteiger partial charge is 0.493 e. The minimum atomic E-state index is -0.491. The molecule has 7 nitrogen and oxygen atoms in total. The van der Waals surface area contributed by atoms with Gasteiger partial charge in [0.2, 0.25) is 5.91 Å². The fourth-order valence-corrected chi connectivity index (χ4v) is 2.80. The van der Waals surface area contributed by atoms with E-state index in [9.17, 15) is 9.59 Å². The van der Waals surface area contributed by atoms with Crippen molar-refractivity contribution in [2.45, 2.75) is 52.3 Å². The third kappa shape index (κ3) is 9.83. The molecular weight excluding hydrogens is 390 g/mol. The Bertz CT molecular complexity index is 693. The summed E-state index contributed by atoms with van der Waals surface area (Å²) >= 11 is 1.65. The second-order valence-electron chi connectivity index (χ2n) is 7.04. The number of rotatable bonds is 12. The van der Waals surface area contributed by atoms with Crippen LogP contribution in [0.2, 0.25) is 0 Å². The molecule has 1 aromatic rings. The Balaban J connectivity index is 2.73. The van der Waals surface area contributed by atoms with E-state index < -0.39 is 11.9 Å². The smallest absolute Gasteiger partial charge is 0.250 e. The standard InChI is InChI=1S/C21H33N3O4S/c1-14(2)23-24-17(11-12-29-6)21(26)22-20(25)10-8-16-7-9-18(28-15(3)4)19(13-16)27-5/h7-10,13-15,17,23-24H,11-12H2,1-6H3,(H,22,25,26)/b10-8+/t17-/m0/s1. The Morgan fingerprint density at radius 2 is 1.86 bits per heavy atom. The number of amides is 2. The van der Waals surface area contributed by atoms with Crippen LogP contribution in [0.3, 0.4) is 0 Å². The molecule has 162 valence electrons. The molecule has 0 spiro atoms. The molecule has 0 radical (unpaired) electrons. The van der Waals surface area contributed by atoms with Crippen LogP contribution < -0.4 is 25.6 Å². The molecule has 0 aliphatic carbocycles. The van der Waals surface area contributed by atoms with E-state index in [0.29, 0.717) is 17.9 Å². The Kier molecular flexibility index (Phi) is 11.4. The van der Waals surface area contributed by atoms with E-state index in [1.165, 1.54) is 6.08 Å². The van der Waals surface area contributed by atoms with Gasteiger partial charge in [-0.3, -0.25) is 20.3 Å². The zero-order valence-electron chi connectivity index (χ0n) is 18.1. The lowest BCUT2D eigenvalue weighted by Crippen LogP contribution is -2.53. The zero-order valence-corrected chi connectivity index (χ0v) is 18.9. The van der Waals surface area contributed by atoms with Gasteiger partial charge in [0, 0.05) is 12.1 Å². The molecule has 8 heteroatoms. The molecule has 0 unspecified atom stereocenters. The Labute approximate surface area is 178 Å². The molecule has 3 N–H and O–H groups in total. The number of hydrogen-bond acceptors (Lipinski definition) is 7. The first kappa shape index (κ1) is 25.0. The highest BCUT2D eigenvalue weighted by Crippen LogP contribution is 2.29. The normalized spacial score (nSPS) is 12.4. The minimum Gasteiger partial charge on any atom is -0.493 e. The third-order valence-corrected chi connectivity index (χ3v) is 4.34. The number of thioether (sulfide) groups is 1. The van der Waals surface area contributed by atoms with Gasteiger partial charge in [-0.15, -0.1) is 0 Å². The molecule has 0 aromatic heterocycles. The number of ether oxygens (including phenoxy) is 2. The Morgan fingerprint density at radius 3 is 2.45 bits per heavy atom. The van der Waals surface area contributed by atoms with Crippen LogP contribution in [0.15, 0.2) is 24.3 Å². The quantitative estimate of drug-likeness (QED) is 0.352. The number of carbonyl (C=O) groups is 2. The van der Waals surface area contributed by atoms with Crippen LogP contribution in [0.1, 0.15) is 39.7 Å². The van der Waals surface area contributed by atoms with Crippen LogP contribution >= 0.6 is 11.8 Å². The van der Waals surface area contributed by atoms with Crippen LogP contribution in [0.5, 0.6) is 11.5 Å². The van der Waals surface area contributed by atoms with Gasteiger partial charge in [-0.25, -0.2) is 5.43 Å². The van der Waals surface area contributed by atoms with Crippen LogP contribution in [-0.4, -0.2) is 49.1 Å². The van der Waals surface area contributed by atoms with E-state index in [2.05, 4.69) is 16.2 Å². The molecule has 0 bridgehead atoms. The second kappa shape index (κ2) is 13.2. The maximum atomic E-state index is 12.4. The average Bonchev–Trinajstić information content (AvgIpc) is 2.66. The molecule has 0 aliphatic rings. The van der Waals surface area contributed by atoms with Gasteiger partial charge in [0.25, 0.3) is 5.91 Å². The predicted molar refractivity (Wildman–Crippen MR) is 119 cm³/mol. The summed E-state index contributed by atoms with van der Waals surface area (Å²) in [6, 6.07) is 5.07. The highest BCUT2D eigenvalue weighted by Gasteiger charge is 2.19. The molecule has 29 heavy (non-hydrogen) atoms. The maximum Gasteiger partial charge on any atom is 0.250 e. The van der Waals surface area contributed by atoms with E-state index in [1.807, 2.05) is 40.0 Å². The van der Waals surface area contributed by atoms with Gasteiger partial charge in [0.05, 0.1) is 13.2 Å². The predicted octanol–water partition coefficient (Wildman–Crippen LogP) is 2.76. The van der Waals surface area contributed by atoms with Gasteiger partial charge in [-0.2, -0.15) is 11.8 Å². The summed E-state index contributed by atoms with van der Waals surface area (Å²) in [6.07, 6.45) is 5.57. The van der Waals surface area contributed by atoms with Crippen molar-refractivity contribution in [2.75, 3.05) is 19.1 Å². The van der Waals surface area contributed by atoms with Gasteiger partial charge >= 0.3 is 0 Å². The number of nitrogens with one attached hydrogen (secondary N) is 3. The lowest BCUT2D eigenvalue weighted by molar-refractivity contribution is -0.129. The van der Waals surface area contributed by atoms with Gasteiger partial charge < -0.3 is 9.47 Å². The highest BCUT2D eigenvalue weighted by molar-refractivity contribution is 7.98. The van der Waals surface area contributed by atoms with Gasteiger partial charge in [-0.05, 0) is 69.9 Å². The van der Waals surface area contributed by atoms with Gasteiger partial charge in [0.15, 0.2) is 11.5 Å². The monoisotopic (exact) mass is 423 g/mol. The summed E-state index contributed by atoms with van der Waals surface area (Å²) in [5, 5.41) is 2.42. The summed E-state index contributed by atoms with van der Waals surface area (Å²) in [7, 11) is 1.56. The van der Waals surface area contributed by atoms with E-state index in [1.54, 1.807) is 37.1 Å². The van der Waals surface area contributed by atoms with Crippen LogP contribution in [0, 0.1) is 0 Å². The summed E-state index contributed by atoms with van der Waals surface area (Å²) in [5.74, 6) is 1.19. The maximum absolute atomic E-state index is 12.4. The molecule has 1 aromatic carbocycles. The topological polar surface area (TPSA) is 88.7 Å². The highest BCUT2D eigenvalue weighted by atomic mass is 32.2. The van der Waals surface area contributed by atoms with Crippen LogP contribution in [0.4, 0.5) is 0 Å².